The molecule has 7 heteroatoms. The molecule has 0 spiro atoms. The van der Waals surface area contributed by atoms with E-state index in [0.29, 0.717) is 36.0 Å². The lowest BCUT2D eigenvalue weighted by Crippen LogP contribution is -2.34. The van der Waals surface area contributed by atoms with E-state index in [1.165, 1.54) is 36.2 Å². The lowest BCUT2D eigenvalue weighted by molar-refractivity contribution is -0.116. The normalized spacial score (nSPS) is 10.2. The first-order valence-corrected chi connectivity index (χ1v) is 8.65. The molecule has 144 valence electrons. The van der Waals surface area contributed by atoms with Crippen molar-refractivity contribution in [2.75, 3.05) is 32.1 Å². The second-order valence-corrected chi connectivity index (χ2v) is 5.74. The van der Waals surface area contributed by atoms with E-state index in [1.807, 2.05) is 13.8 Å². The standard InChI is InChI=1S/C20H23FN2O4/c1-4-26-17-11-10-16(12-18(17)27-5-2)22-19(24)13-23(3)20(25)14-6-8-15(21)9-7-14/h6-12H,4-5,13H2,1-3H3,(H,22,24). The van der Waals surface area contributed by atoms with Crippen LogP contribution in [0.1, 0.15) is 24.2 Å². The number of nitrogens with one attached hydrogen (secondary N) is 1. The average Bonchev–Trinajstić information content (AvgIpc) is 2.64. The molecule has 0 saturated carbocycles. The molecule has 0 saturated heterocycles. The van der Waals surface area contributed by atoms with Crippen molar-refractivity contribution in [3.8, 4) is 11.5 Å². The van der Waals surface area contributed by atoms with Crippen molar-refractivity contribution in [3.63, 3.8) is 0 Å². The number of carbonyl (C=O) groups is 2. The van der Waals surface area contributed by atoms with Gasteiger partial charge in [0.05, 0.1) is 19.8 Å². The van der Waals surface area contributed by atoms with Crippen molar-refractivity contribution < 1.29 is 23.5 Å². The molecule has 2 rings (SSSR count). The number of ether oxygens (including phenoxy) is 2. The summed E-state index contributed by atoms with van der Waals surface area (Å²) in [6, 6.07) is 10.3. The minimum Gasteiger partial charge on any atom is -0.490 e. The molecule has 0 heterocycles. The maximum Gasteiger partial charge on any atom is 0.254 e. The molecule has 2 aromatic rings. The summed E-state index contributed by atoms with van der Waals surface area (Å²) in [5.74, 6) is -0.0205. The number of hydrogen-bond acceptors (Lipinski definition) is 4. The fourth-order valence-electron chi connectivity index (χ4n) is 2.43. The van der Waals surface area contributed by atoms with Crippen LogP contribution in [-0.2, 0) is 4.79 Å². The van der Waals surface area contributed by atoms with Crippen LogP contribution in [0.15, 0.2) is 42.5 Å². The highest BCUT2D eigenvalue weighted by molar-refractivity contribution is 5.99. The molecule has 0 radical (unpaired) electrons. The molecule has 0 bridgehead atoms. The molecule has 27 heavy (non-hydrogen) atoms. The molecule has 1 N–H and O–H groups in total. The Balaban J connectivity index is 2.00. The van der Waals surface area contributed by atoms with Gasteiger partial charge in [0.15, 0.2) is 11.5 Å². The van der Waals surface area contributed by atoms with Crippen LogP contribution >= 0.6 is 0 Å². The van der Waals surface area contributed by atoms with E-state index >= 15 is 0 Å². The Hall–Kier alpha value is -3.09. The van der Waals surface area contributed by atoms with E-state index in [4.69, 9.17) is 9.47 Å². The number of rotatable bonds is 8. The highest BCUT2D eigenvalue weighted by Crippen LogP contribution is 2.30. The zero-order chi connectivity index (χ0) is 19.8. The van der Waals surface area contributed by atoms with Crippen molar-refractivity contribution in [1.82, 2.24) is 4.90 Å². The summed E-state index contributed by atoms with van der Waals surface area (Å²) >= 11 is 0. The molecule has 0 fully saturated rings. The SMILES string of the molecule is CCOc1ccc(NC(=O)CN(C)C(=O)c2ccc(F)cc2)cc1OCC. The molecule has 0 aromatic heterocycles. The van der Waals surface area contributed by atoms with Gasteiger partial charge in [-0.3, -0.25) is 9.59 Å². The molecule has 0 aliphatic rings. The highest BCUT2D eigenvalue weighted by atomic mass is 19.1. The molecular weight excluding hydrogens is 351 g/mol. The maximum atomic E-state index is 13.0. The summed E-state index contributed by atoms with van der Waals surface area (Å²) in [6.07, 6.45) is 0. The van der Waals surface area contributed by atoms with Gasteiger partial charge in [-0.1, -0.05) is 0 Å². The molecule has 2 amide bonds. The predicted octanol–water partition coefficient (Wildman–Crippen LogP) is 3.33. The third-order valence-corrected chi connectivity index (χ3v) is 3.65. The molecule has 6 nitrogen and oxygen atoms in total. The van der Waals surface area contributed by atoms with Gasteiger partial charge >= 0.3 is 0 Å². The Kier molecular flexibility index (Phi) is 7.16. The fourth-order valence-corrected chi connectivity index (χ4v) is 2.43. The van der Waals surface area contributed by atoms with Gasteiger partial charge in [0.25, 0.3) is 5.91 Å². The highest BCUT2D eigenvalue weighted by Gasteiger charge is 2.16. The fraction of sp³-hybridized carbons (Fsp3) is 0.300. The van der Waals surface area contributed by atoms with Crippen molar-refractivity contribution in [3.05, 3.63) is 53.8 Å². The minimum atomic E-state index is -0.424. The molecule has 0 atom stereocenters. The molecule has 2 aromatic carbocycles. The summed E-state index contributed by atoms with van der Waals surface area (Å²) in [5.41, 5.74) is 0.848. The summed E-state index contributed by atoms with van der Waals surface area (Å²) in [5, 5.41) is 2.73. The molecule has 0 aliphatic heterocycles. The van der Waals surface area contributed by atoms with E-state index in [9.17, 15) is 14.0 Å². The summed E-state index contributed by atoms with van der Waals surface area (Å²) in [4.78, 5) is 25.8. The van der Waals surface area contributed by atoms with Crippen LogP contribution in [0.3, 0.4) is 0 Å². The Labute approximate surface area is 157 Å². The number of carbonyl (C=O) groups excluding carboxylic acids is 2. The Morgan fingerprint density at radius 3 is 2.26 bits per heavy atom. The Morgan fingerprint density at radius 1 is 1.00 bits per heavy atom. The molecular formula is C20H23FN2O4. The van der Waals surface area contributed by atoms with Crippen molar-refractivity contribution in [2.45, 2.75) is 13.8 Å². The van der Waals surface area contributed by atoms with Crippen molar-refractivity contribution in [2.24, 2.45) is 0 Å². The van der Waals surface area contributed by atoms with E-state index in [-0.39, 0.29) is 18.4 Å². The van der Waals surface area contributed by atoms with Crippen LogP contribution in [0, 0.1) is 5.82 Å². The van der Waals surface area contributed by atoms with Crippen LogP contribution < -0.4 is 14.8 Å². The lowest BCUT2D eigenvalue weighted by Gasteiger charge is -2.17. The smallest absolute Gasteiger partial charge is 0.254 e. The number of nitrogens with zero attached hydrogens (tertiary/aromatic N) is 1. The van der Waals surface area contributed by atoms with Gasteiger partial charge in [-0.15, -0.1) is 0 Å². The summed E-state index contributed by atoms with van der Waals surface area (Å²) < 4.78 is 24.0. The van der Waals surface area contributed by atoms with Gasteiger partial charge in [-0.2, -0.15) is 0 Å². The first-order valence-electron chi connectivity index (χ1n) is 8.65. The summed E-state index contributed by atoms with van der Waals surface area (Å²) in [7, 11) is 1.51. The maximum absolute atomic E-state index is 13.0. The van der Waals surface area contributed by atoms with Crippen LogP contribution in [0.25, 0.3) is 0 Å². The molecule has 0 unspecified atom stereocenters. The monoisotopic (exact) mass is 374 g/mol. The van der Waals surface area contributed by atoms with E-state index < -0.39 is 5.82 Å². The van der Waals surface area contributed by atoms with Gasteiger partial charge in [0.1, 0.15) is 5.82 Å². The number of likely N-dealkylation sites (N-methyl/N-ethyl adjacent to an activating group) is 1. The lowest BCUT2D eigenvalue weighted by atomic mass is 10.2. The van der Waals surface area contributed by atoms with Gasteiger partial charge in [0, 0.05) is 24.4 Å². The topological polar surface area (TPSA) is 67.9 Å². The zero-order valence-electron chi connectivity index (χ0n) is 15.6. The van der Waals surface area contributed by atoms with Gasteiger partial charge in [-0.05, 0) is 50.2 Å². The van der Waals surface area contributed by atoms with Crippen LogP contribution in [0.2, 0.25) is 0 Å². The van der Waals surface area contributed by atoms with Gasteiger partial charge < -0.3 is 19.7 Å². The quantitative estimate of drug-likeness (QED) is 0.770. The van der Waals surface area contributed by atoms with Crippen LogP contribution in [-0.4, -0.2) is 43.5 Å². The second-order valence-electron chi connectivity index (χ2n) is 5.74. The van der Waals surface area contributed by atoms with Crippen molar-refractivity contribution >= 4 is 17.5 Å². The van der Waals surface area contributed by atoms with Crippen LogP contribution in [0.4, 0.5) is 10.1 Å². The number of halogens is 1. The van der Waals surface area contributed by atoms with Crippen molar-refractivity contribution in [1.29, 1.82) is 0 Å². The predicted molar refractivity (Wildman–Crippen MR) is 101 cm³/mol. The zero-order valence-corrected chi connectivity index (χ0v) is 15.6. The van der Waals surface area contributed by atoms with Gasteiger partial charge in [0.2, 0.25) is 5.91 Å². The number of benzene rings is 2. The van der Waals surface area contributed by atoms with Crippen LogP contribution in [0.5, 0.6) is 11.5 Å². The number of amides is 2. The molecule has 0 aliphatic carbocycles. The van der Waals surface area contributed by atoms with E-state index in [1.54, 1.807) is 18.2 Å². The van der Waals surface area contributed by atoms with E-state index in [2.05, 4.69) is 5.32 Å². The first-order chi connectivity index (χ1) is 12.9. The Morgan fingerprint density at radius 2 is 1.63 bits per heavy atom. The first kappa shape index (κ1) is 20.2. The van der Waals surface area contributed by atoms with Gasteiger partial charge in [-0.25, -0.2) is 4.39 Å². The third-order valence-electron chi connectivity index (χ3n) is 3.65. The second kappa shape index (κ2) is 9.56. The summed E-state index contributed by atoms with van der Waals surface area (Å²) in [6.45, 7) is 4.55. The minimum absolute atomic E-state index is 0.145. The number of hydrogen-bond donors (Lipinski definition) is 1. The number of anilines is 1. The average molecular weight is 374 g/mol. The van der Waals surface area contributed by atoms with E-state index in [0.717, 1.165) is 0 Å². The largest absolute Gasteiger partial charge is 0.490 e. The Bertz CT molecular complexity index is 793. The third kappa shape index (κ3) is 5.70.